The first kappa shape index (κ1) is 38.2. The normalized spacial score (nSPS) is 12.8. The lowest BCUT2D eigenvalue weighted by Crippen LogP contribution is -2.04. The summed E-state index contributed by atoms with van der Waals surface area (Å²) in [5.74, 6) is -0.0505. The fraction of sp³-hybridized carbons (Fsp3) is 0.711. The van der Waals surface area contributed by atoms with Crippen LogP contribution in [-0.4, -0.2) is 12.6 Å². The second-order valence-electron chi connectivity index (χ2n) is 12.1. The molecule has 0 aromatic carbocycles. The van der Waals surface area contributed by atoms with Crippen LogP contribution >= 0.6 is 0 Å². The van der Waals surface area contributed by atoms with E-state index in [1.54, 1.807) is 0 Å². The summed E-state index contributed by atoms with van der Waals surface area (Å²) in [6.07, 6.45) is 37.6. The Labute approximate surface area is 250 Å². The lowest BCUT2D eigenvalue weighted by molar-refractivity contribution is -0.142. The Morgan fingerprint density at radius 2 is 0.950 bits per heavy atom. The monoisotopic (exact) mass is 555 g/mol. The van der Waals surface area contributed by atoms with Crippen molar-refractivity contribution in [2.45, 2.75) is 170 Å². The lowest BCUT2D eigenvalue weighted by Gasteiger charge is -2.05. The van der Waals surface area contributed by atoms with Crippen molar-refractivity contribution in [2.75, 3.05) is 6.61 Å². The molecule has 0 radical (unpaired) electrons. The second-order valence-corrected chi connectivity index (χ2v) is 12.1. The van der Waals surface area contributed by atoms with Crippen LogP contribution in [0.15, 0.2) is 58.7 Å². The second kappa shape index (κ2) is 28.7. The minimum Gasteiger partial charge on any atom is -0.461 e. The van der Waals surface area contributed by atoms with E-state index in [9.17, 15) is 4.79 Å². The third-order valence-corrected chi connectivity index (χ3v) is 7.47. The zero-order valence-corrected chi connectivity index (χ0v) is 27.6. The highest BCUT2D eigenvalue weighted by Gasteiger charge is 2.02. The number of hydrogen-bond acceptors (Lipinski definition) is 2. The van der Waals surface area contributed by atoms with Crippen LogP contribution in [-0.2, 0) is 9.53 Å². The first-order valence-electron chi connectivity index (χ1n) is 16.8. The maximum absolute atomic E-state index is 12.0. The number of allylic oxidation sites excluding steroid dienone is 9. The van der Waals surface area contributed by atoms with Crippen LogP contribution < -0.4 is 0 Å². The summed E-state index contributed by atoms with van der Waals surface area (Å²) in [7, 11) is 0. The summed E-state index contributed by atoms with van der Waals surface area (Å²) in [4.78, 5) is 12.0. The highest BCUT2D eigenvalue weighted by atomic mass is 16.5. The van der Waals surface area contributed by atoms with Crippen LogP contribution in [0.2, 0.25) is 0 Å². The number of carbonyl (C=O) groups excluding carboxylic acids is 1. The highest BCUT2D eigenvalue weighted by Crippen LogP contribution is 2.14. The molecule has 0 unspecified atom stereocenters. The lowest BCUT2D eigenvalue weighted by atomic mass is 10.0. The first-order chi connectivity index (χ1) is 19.3. The summed E-state index contributed by atoms with van der Waals surface area (Å²) in [6.45, 7) is 13.6. The standard InChI is InChI=1S/C38H66O2/c1-7-8-9-10-11-12-13-14-15-16-17-18-19-20-21-31-38(39)40-33-32-37(6)30-24-29-36(5)28-23-27-35(4)26-22-25-34(2)3/h12-13,25,27,29,32H,7-11,14-24,26,28,30-31,33H2,1-6H3/b13-12-,35-27+,36-29?,37-32+. The van der Waals surface area contributed by atoms with Crippen LogP contribution in [0.5, 0.6) is 0 Å². The summed E-state index contributed by atoms with van der Waals surface area (Å²) in [5.41, 5.74) is 5.67. The molecule has 0 fully saturated rings. The predicted octanol–water partition coefficient (Wildman–Crippen LogP) is 12.7. The van der Waals surface area contributed by atoms with Gasteiger partial charge in [0.2, 0.25) is 0 Å². The number of hydrogen-bond donors (Lipinski definition) is 0. The zero-order chi connectivity index (χ0) is 29.7. The molecule has 0 aromatic rings. The van der Waals surface area contributed by atoms with Gasteiger partial charge >= 0.3 is 5.97 Å². The summed E-state index contributed by atoms with van der Waals surface area (Å²) in [6, 6.07) is 0. The Hall–Kier alpha value is -1.83. The summed E-state index contributed by atoms with van der Waals surface area (Å²) >= 11 is 0. The average Bonchev–Trinajstić information content (AvgIpc) is 2.90. The molecule has 0 bridgehead atoms. The van der Waals surface area contributed by atoms with Crippen molar-refractivity contribution in [3.63, 3.8) is 0 Å². The molecule has 0 aliphatic heterocycles. The van der Waals surface area contributed by atoms with E-state index in [2.05, 4.69) is 78.0 Å². The molecule has 0 atom stereocenters. The fourth-order valence-electron chi connectivity index (χ4n) is 4.68. The number of ether oxygens (including phenoxy) is 1. The average molecular weight is 555 g/mol. The molecule has 2 heteroatoms. The SMILES string of the molecule is CCCCCC/C=C\CCCCCCCCCC(=O)OC/C=C(\C)CCC=C(C)CC/C=C(\C)CCC=C(C)C. The molecular formula is C38H66O2. The maximum Gasteiger partial charge on any atom is 0.306 e. The minimum atomic E-state index is -0.0505. The minimum absolute atomic E-state index is 0.0505. The van der Waals surface area contributed by atoms with Crippen molar-refractivity contribution in [3.05, 3.63) is 58.7 Å². The van der Waals surface area contributed by atoms with E-state index < -0.39 is 0 Å². The summed E-state index contributed by atoms with van der Waals surface area (Å²) in [5, 5.41) is 0. The topological polar surface area (TPSA) is 26.3 Å². The van der Waals surface area contributed by atoms with Gasteiger partial charge in [-0.15, -0.1) is 0 Å². The van der Waals surface area contributed by atoms with E-state index in [-0.39, 0.29) is 5.97 Å². The molecule has 230 valence electrons. The van der Waals surface area contributed by atoms with Crippen LogP contribution in [0.3, 0.4) is 0 Å². The van der Waals surface area contributed by atoms with Gasteiger partial charge in [-0.05, 0) is 111 Å². The van der Waals surface area contributed by atoms with Crippen molar-refractivity contribution in [2.24, 2.45) is 0 Å². The van der Waals surface area contributed by atoms with E-state index in [0.717, 1.165) is 44.9 Å². The van der Waals surface area contributed by atoms with Gasteiger partial charge in [-0.25, -0.2) is 0 Å². The van der Waals surface area contributed by atoms with E-state index in [1.807, 2.05) is 0 Å². The van der Waals surface area contributed by atoms with E-state index >= 15 is 0 Å². The van der Waals surface area contributed by atoms with E-state index in [0.29, 0.717) is 13.0 Å². The first-order valence-corrected chi connectivity index (χ1v) is 16.8. The van der Waals surface area contributed by atoms with Gasteiger partial charge in [0.1, 0.15) is 6.61 Å². The van der Waals surface area contributed by atoms with E-state index in [4.69, 9.17) is 4.74 Å². The molecule has 0 spiro atoms. The largest absolute Gasteiger partial charge is 0.461 e. The van der Waals surface area contributed by atoms with Gasteiger partial charge < -0.3 is 4.74 Å². The number of rotatable bonds is 26. The smallest absolute Gasteiger partial charge is 0.306 e. The van der Waals surface area contributed by atoms with Gasteiger partial charge in [0, 0.05) is 6.42 Å². The number of esters is 1. The van der Waals surface area contributed by atoms with Crippen molar-refractivity contribution < 1.29 is 9.53 Å². The van der Waals surface area contributed by atoms with Crippen LogP contribution in [0.4, 0.5) is 0 Å². The third kappa shape index (κ3) is 29.2. The van der Waals surface area contributed by atoms with Gasteiger partial charge in [0.25, 0.3) is 0 Å². The maximum atomic E-state index is 12.0. The van der Waals surface area contributed by atoms with E-state index in [1.165, 1.54) is 99.3 Å². The third-order valence-electron chi connectivity index (χ3n) is 7.47. The Kier molecular flexibility index (Phi) is 27.4. The van der Waals surface area contributed by atoms with Crippen molar-refractivity contribution >= 4 is 5.97 Å². The van der Waals surface area contributed by atoms with Crippen LogP contribution in [0, 0.1) is 0 Å². The van der Waals surface area contributed by atoms with Gasteiger partial charge in [-0.2, -0.15) is 0 Å². The Morgan fingerprint density at radius 3 is 1.48 bits per heavy atom. The number of carbonyl (C=O) groups is 1. The molecule has 0 aromatic heterocycles. The molecule has 0 aliphatic carbocycles. The van der Waals surface area contributed by atoms with Gasteiger partial charge in [0.15, 0.2) is 0 Å². The van der Waals surface area contributed by atoms with Crippen molar-refractivity contribution in [3.8, 4) is 0 Å². The van der Waals surface area contributed by atoms with Gasteiger partial charge in [-0.1, -0.05) is 111 Å². The quantitative estimate of drug-likeness (QED) is 0.0603. The fourth-order valence-corrected chi connectivity index (χ4v) is 4.68. The molecular weight excluding hydrogens is 488 g/mol. The summed E-state index contributed by atoms with van der Waals surface area (Å²) < 4.78 is 5.43. The number of unbranched alkanes of at least 4 members (excludes halogenated alkanes) is 11. The Balaban J connectivity index is 3.70. The predicted molar refractivity (Wildman–Crippen MR) is 179 cm³/mol. The van der Waals surface area contributed by atoms with Crippen molar-refractivity contribution in [1.29, 1.82) is 0 Å². The molecule has 0 rings (SSSR count). The highest BCUT2D eigenvalue weighted by molar-refractivity contribution is 5.69. The van der Waals surface area contributed by atoms with Gasteiger partial charge in [0.05, 0.1) is 0 Å². The van der Waals surface area contributed by atoms with Crippen LogP contribution in [0.25, 0.3) is 0 Å². The molecule has 0 saturated heterocycles. The molecule has 0 heterocycles. The Morgan fingerprint density at radius 1 is 0.500 bits per heavy atom. The zero-order valence-electron chi connectivity index (χ0n) is 27.6. The molecule has 0 aliphatic rings. The molecule has 0 amide bonds. The van der Waals surface area contributed by atoms with Gasteiger partial charge in [-0.3, -0.25) is 4.79 Å². The Bertz CT molecular complexity index is 758. The molecule has 0 N–H and O–H groups in total. The van der Waals surface area contributed by atoms with Crippen LogP contribution in [0.1, 0.15) is 170 Å². The molecule has 0 saturated carbocycles. The molecule has 40 heavy (non-hydrogen) atoms. The van der Waals surface area contributed by atoms with Crippen molar-refractivity contribution in [1.82, 2.24) is 0 Å². The molecule has 2 nitrogen and oxygen atoms in total.